The summed E-state index contributed by atoms with van der Waals surface area (Å²) in [6.07, 6.45) is -4.69. The number of ether oxygens (including phenoxy) is 1. The van der Waals surface area contributed by atoms with Crippen LogP contribution in [0.3, 0.4) is 0 Å². The smallest absolute Gasteiger partial charge is 0.398 e. The van der Waals surface area contributed by atoms with E-state index in [1.165, 1.54) is 11.0 Å². The van der Waals surface area contributed by atoms with Gasteiger partial charge in [-0.2, -0.15) is 13.2 Å². The van der Waals surface area contributed by atoms with E-state index in [1.54, 1.807) is 0 Å². The first-order chi connectivity index (χ1) is 9.29. The Labute approximate surface area is 114 Å². The largest absolute Gasteiger partial charge is 0.418 e. The molecule has 1 atom stereocenters. The van der Waals surface area contributed by atoms with Crippen molar-refractivity contribution in [1.82, 2.24) is 4.90 Å². The zero-order chi connectivity index (χ0) is 14.9. The average Bonchev–Trinajstić information content (AvgIpc) is 2.37. The predicted molar refractivity (Wildman–Crippen MR) is 67.2 cm³/mol. The van der Waals surface area contributed by atoms with Crippen molar-refractivity contribution >= 4 is 11.6 Å². The molecule has 0 saturated carbocycles. The van der Waals surface area contributed by atoms with Crippen LogP contribution in [0.5, 0.6) is 0 Å². The highest BCUT2D eigenvalue weighted by Gasteiger charge is 2.34. The van der Waals surface area contributed by atoms with E-state index in [0.29, 0.717) is 19.7 Å². The Morgan fingerprint density at radius 3 is 2.75 bits per heavy atom. The standard InChI is InChI=1S/C13H15F3N2O2/c1-8-7-18(4-5-20-8)12(19)9-2-3-11(17)10(6-9)13(14,15)16/h2-3,6,8H,4-5,7,17H2,1H3. The summed E-state index contributed by atoms with van der Waals surface area (Å²) in [5.41, 5.74) is 3.93. The fourth-order valence-electron chi connectivity index (χ4n) is 2.12. The number of rotatable bonds is 1. The first-order valence-electron chi connectivity index (χ1n) is 6.16. The van der Waals surface area contributed by atoms with Gasteiger partial charge >= 0.3 is 6.18 Å². The fourth-order valence-corrected chi connectivity index (χ4v) is 2.12. The Balaban J connectivity index is 2.26. The van der Waals surface area contributed by atoms with E-state index in [2.05, 4.69) is 0 Å². The third kappa shape index (κ3) is 3.04. The van der Waals surface area contributed by atoms with Crippen molar-refractivity contribution in [2.24, 2.45) is 0 Å². The number of halogens is 3. The Hall–Kier alpha value is -1.76. The van der Waals surface area contributed by atoms with Crippen LogP contribution in [-0.2, 0) is 10.9 Å². The molecule has 0 aliphatic carbocycles. The monoisotopic (exact) mass is 288 g/mol. The van der Waals surface area contributed by atoms with E-state index in [-0.39, 0.29) is 17.4 Å². The van der Waals surface area contributed by atoms with Gasteiger partial charge in [0, 0.05) is 24.3 Å². The van der Waals surface area contributed by atoms with Gasteiger partial charge in [0.15, 0.2) is 0 Å². The number of morpholine rings is 1. The summed E-state index contributed by atoms with van der Waals surface area (Å²) < 4.78 is 43.6. The fraction of sp³-hybridized carbons (Fsp3) is 0.462. The summed E-state index contributed by atoms with van der Waals surface area (Å²) in [6.45, 7) is 2.93. The molecule has 1 amide bonds. The number of amides is 1. The topological polar surface area (TPSA) is 55.6 Å². The lowest BCUT2D eigenvalue weighted by Gasteiger charge is -2.31. The molecule has 1 aliphatic heterocycles. The quantitative estimate of drug-likeness (QED) is 0.806. The second-order valence-corrected chi connectivity index (χ2v) is 4.73. The van der Waals surface area contributed by atoms with E-state index < -0.39 is 17.6 Å². The summed E-state index contributed by atoms with van der Waals surface area (Å²) in [5, 5.41) is 0. The summed E-state index contributed by atoms with van der Waals surface area (Å²) in [5.74, 6) is -0.439. The zero-order valence-electron chi connectivity index (χ0n) is 10.9. The van der Waals surface area contributed by atoms with Crippen LogP contribution in [0.2, 0.25) is 0 Å². The van der Waals surface area contributed by atoms with Gasteiger partial charge in [-0.05, 0) is 25.1 Å². The number of carbonyl (C=O) groups is 1. The number of carbonyl (C=O) groups excluding carboxylic acids is 1. The van der Waals surface area contributed by atoms with E-state index in [1.807, 2.05) is 6.92 Å². The second-order valence-electron chi connectivity index (χ2n) is 4.73. The molecule has 1 aromatic rings. The highest BCUT2D eigenvalue weighted by Crippen LogP contribution is 2.34. The van der Waals surface area contributed by atoms with Gasteiger partial charge in [-0.1, -0.05) is 0 Å². The van der Waals surface area contributed by atoms with Crippen molar-refractivity contribution in [1.29, 1.82) is 0 Å². The Kier molecular flexibility index (Phi) is 3.89. The molecular weight excluding hydrogens is 273 g/mol. The van der Waals surface area contributed by atoms with Crippen molar-refractivity contribution < 1.29 is 22.7 Å². The van der Waals surface area contributed by atoms with Gasteiger partial charge in [0.2, 0.25) is 0 Å². The maximum atomic E-state index is 12.8. The van der Waals surface area contributed by atoms with Gasteiger partial charge in [0.25, 0.3) is 5.91 Å². The van der Waals surface area contributed by atoms with Crippen LogP contribution in [0.4, 0.5) is 18.9 Å². The molecular formula is C13H15F3N2O2. The maximum Gasteiger partial charge on any atom is 0.418 e. The molecule has 2 rings (SSSR count). The van der Waals surface area contributed by atoms with Crippen LogP contribution in [0.1, 0.15) is 22.8 Å². The summed E-state index contributed by atoms with van der Waals surface area (Å²) in [4.78, 5) is 13.7. The molecule has 0 radical (unpaired) electrons. The van der Waals surface area contributed by atoms with Gasteiger partial charge in [0.05, 0.1) is 18.3 Å². The zero-order valence-corrected chi connectivity index (χ0v) is 10.9. The van der Waals surface area contributed by atoms with Gasteiger partial charge in [0.1, 0.15) is 0 Å². The minimum Gasteiger partial charge on any atom is -0.398 e. The Morgan fingerprint density at radius 2 is 2.15 bits per heavy atom. The van der Waals surface area contributed by atoms with Crippen LogP contribution in [0, 0.1) is 0 Å². The van der Waals surface area contributed by atoms with E-state index in [0.717, 1.165) is 12.1 Å². The molecule has 0 spiro atoms. The van der Waals surface area contributed by atoms with Crippen LogP contribution in [0.25, 0.3) is 0 Å². The molecule has 110 valence electrons. The molecule has 0 bridgehead atoms. The van der Waals surface area contributed by atoms with E-state index in [4.69, 9.17) is 10.5 Å². The predicted octanol–water partition coefficient (Wildman–Crippen LogP) is 2.15. The molecule has 4 nitrogen and oxygen atoms in total. The first-order valence-corrected chi connectivity index (χ1v) is 6.16. The number of anilines is 1. The summed E-state index contributed by atoms with van der Waals surface area (Å²) in [7, 11) is 0. The molecule has 1 heterocycles. The van der Waals surface area contributed by atoms with Crippen LogP contribution in [0.15, 0.2) is 18.2 Å². The second kappa shape index (κ2) is 5.32. The summed E-state index contributed by atoms with van der Waals surface area (Å²) in [6, 6.07) is 3.23. The lowest BCUT2D eigenvalue weighted by atomic mass is 10.1. The van der Waals surface area contributed by atoms with Gasteiger partial charge in [-0.25, -0.2) is 0 Å². The molecule has 1 aliphatic rings. The third-order valence-electron chi connectivity index (χ3n) is 3.13. The van der Waals surface area contributed by atoms with Crippen molar-refractivity contribution in [2.45, 2.75) is 19.2 Å². The Bertz CT molecular complexity index is 517. The molecule has 20 heavy (non-hydrogen) atoms. The lowest BCUT2D eigenvalue weighted by molar-refractivity contribution is -0.136. The maximum absolute atomic E-state index is 12.8. The van der Waals surface area contributed by atoms with E-state index >= 15 is 0 Å². The molecule has 1 unspecified atom stereocenters. The number of nitrogens with zero attached hydrogens (tertiary/aromatic N) is 1. The Morgan fingerprint density at radius 1 is 1.45 bits per heavy atom. The highest BCUT2D eigenvalue weighted by atomic mass is 19.4. The normalized spacial score (nSPS) is 20.0. The number of benzene rings is 1. The number of alkyl halides is 3. The van der Waals surface area contributed by atoms with Gasteiger partial charge in [-0.15, -0.1) is 0 Å². The molecule has 2 N–H and O–H groups in total. The van der Waals surface area contributed by atoms with Crippen LogP contribution >= 0.6 is 0 Å². The van der Waals surface area contributed by atoms with Crippen molar-refractivity contribution in [3.8, 4) is 0 Å². The molecule has 1 saturated heterocycles. The van der Waals surface area contributed by atoms with Gasteiger partial charge in [-0.3, -0.25) is 4.79 Å². The number of nitrogens with two attached hydrogens (primary N) is 1. The first kappa shape index (κ1) is 14.6. The number of hydrogen-bond acceptors (Lipinski definition) is 3. The number of hydrogen-bond donors (Lipinski definition) is 1. The van der Waals surface area contributed by atoms with Crippen LogP contribution in [-0.4, -0.2) is 36.6 Å². The minimum absolute atomic E-state index is 0.0133. The van der Waals surface area contributed by atoms with Crippen LogP contribution < -0.4 is 5.73 Å². The van der Waals surface area contributed by atoms with E-state index in [9.17, 15) is 18.0 Å². The SMILES string of the molecule is CC1CN(C(=O)c2ccc(N)c(C(F)(F)F)c2)CCO1. The highest BCUT2D eigenvalue weighted by molar-refractivity contribution is 5.95. The van der Waals surface area contributed by atoms with Crippen molar-refractivity contribution in [3.63, 3.8) is 0 Å². The molecule has 1 aromatic carbocycles. The minimum atomic E-state index is -4.57. The van der Waals surface area contributed by atoms with Crippen molar-refractivity contribution in [2.75, 3.05) is 25.4 Å². The lowest BCUT2D eigenvalue weighted by Crippen LogP contribution is -2.44. The molecule has 1 fully saturated rings. The third-order valence-corrected chi connectivity index (χ3v) is 3.13. The summed E-state index contributed by atoms with van der Waals surface area (Å²) >= 11 is 0. The molecule has 7 heteroatoms. The molecule has 0 aromatic heterocycles. The van der Waals surface area contributed by atoms with Crippen molar-refractivity contribution in [3.05, 3.63) is 29.3 Å². The van der Waals surface area contributed by atoms with Gasteiger partial charge < -0.3 is 15.4 Å². The number of nitrogen functional groups attached to an aromatic ring is 1. The average molecular weight is 288 g/mol.